The second-order valence-electron chi connectivity index (χ2n) is 3.93. The number of H-pyrrole nitrogens is 1. The topological polar surface area (TPSA) is 84.2 Å². The van der Waals surface area contributed by atoms with Crippen LogP contribution >= 0.6 is 0 Å². The van der Waals surface area contributed by atoms with Crippen molar-refractivity contribution in [2.45, 2.75) is 18.9 Å². The Morgan fingerprint density at radius 1 is 1.62 bits per heavy atom. The molecule has 1 aromatic heterocycles. The van der Waals surface area contributed by atoms with Gasteiger partial charge < -0.3 is 15.4 Å². The minimum absolute atomic E-state index is 0.0428. The first kappa shape index (κ1) is 10.9. The van der Waals surface area contributed by atoms with Crippen LogP contribution < -0.4 is 5.73 Å². The lowest BCUT2D eigenvalue weighted by atomic mass is 10.1. The van der Waals surface area contributed by atoms with Gasteiger partial charge in [-0.2, -0.15) is 5.10 Å². The molecule has 16 heavy (non-hydrogen) atoms. The summed E-state index contributed by atoms with van der Waals surface area (Å²) in [4.78, 5) is 13.8. The molecule has 0 aliphatic carbocycles. The van der Waals surface area contributed by atoms with Crippen LogP contribution in [0.1, 0.15) is 23.3 Å². The van der Waals surface area contributed by atoms with Crippen LogP contribution in [0, 0.1) is 0 Å². The van der Waals surface area contributed by atoms with Crippen molar-refractivity contribution in [1.82, 2.24) is 15.1 Å². The van der Waals surface area contributed by atoms with Crippen molar-refractivity contribution < 1.29 is 9.53 Å². The number of carbonyl (C=O) groups is 1. The molecular formula is C10H16N4O2. The fourth-order valence-electron chi connectivity index (χ4n) is 1.91. The van der Waals surface area contributed by atoms with Crippen LogP contribution in [0.2, 0.25) is 0 Å². The third-order valence-electron chi connectivity index (χ3n) is 2.89. The van der Waals surface area contributed by atoms with E-state index in [2.05, 4.69) is 10.2 Å². The highest BCUT2D eigenvalue weighted by atomic mass is 16.5. The Morgan fingerprint density at radius 3 is 2.81 bits per heavy atom. The highest BCUT2D eigenvalue weighted by Crippen LogP contribution is 2.15. The van der Waals surface area contributed by atoms with Gasteiger partial charge in [-0.05, 0) is 12.8 Å². The molecule has 6 nitrogen and oxygen atoms in total. The van der Waals surface area contributed by atoms with E-state index in [1.807, 2.05) is 0 Å². The molecule has 0 spiro atoms. The highest BCUT2D eigenvalue weighted by Gasteiger charge is 2.24. The molecule has 1 aliphatic rings. The summed E-state index contributed by atoms with van der Waals surface area (Å²) in [6.07, 6.45) is 2.04. The molecule has 6 heteroatoms. The van der Waals surface area contributed by atoms with Crippen LogP contribution in [0.3, 0.4) is 0 Å². The average Bonchev–Trinajstić information content (AvgIpc) is 2.75. The Bertz CT molecular complexity index is 369. The Labute approximate surface area is 93.8 Å². The molecule has 0 unspecified atom stereocenters. The Balaban J connectivity index is 1.96. The van der Waals surface area contributed by atoms with Gasteiger partial charge in [-0.15, -0.1) is 0 Å². The molecule has 0 radical (unpaired) electrons. The second-order valence-corrected chi connectivity index (χ2v) is 3.93. The summed E-state index contributed by atoms with van der Waals surface area (Å²) in [5.74, 6) is 0.300. The largest absolute Gasteiger partial charge is 0.382 e. The molecule has 0 aromatic carbocycles. The van der Waals surface area contributed by atoms with E-state index in [1.54, 1.807) is 18.1 Å². The van der Waals surface area contributed by atoms with Gasteiger partial charge in [0.15, 0.2) is 0 Å². The molecule has 2 heterocycles. The number of methoxy groups -OCH3 is 1. The molecule has 0 saturated carbocycles. The smallest absolute Gasteiger partial charge is 0.271 e. The Kier molecular flexibility index (Phi) is 3.09. The second kappa shape index (κ2) is 4.52. The SMILES string of the molecule is COC1CCN(C(=O)c2cc(N)n[nH]2)CC1. The van der Waals surface area contributed by atoms with Crippen molar-refractivity contribution in [2.24, 2.45) is 0 Å². The predicted octanol–water partition coefficient (Wildman–Crippen LogP) is 0.243. The van der Waals surface area contributed by atoms with Gasteiger partial charge in [-0.3, -0.25) is 9.89 Å². The number of amides is 1. The fraction of sp³-hybridized carbons (Fsp3) is 0.600. The first-order valence-electron chi connectivity index (χ1n) is 5.33. The van der Waals surface area contributed by atoms with Crippen LogP contribution in [-0.4, -0.2) is 47.3 Å². The molecular weight excluding hydrogens is 208 g/mol. The number of likely N-dealkylation sites (tertiary alicyclic amines) is 1. The number of nitrogens with one attached hydrogen (secondary N) is 1. The van der Waals surface area contributed by atoms with Crippen LogP contribution in [0.15, 0.2) is 6.07 Å². The number of hydrogen-bond acceptors (Lipinski definition) is 4. The predicted molar refractivity (Wildman–Crippen MR) is 58.9 cm³/mol. The maximum Gasteiger partial charge on any atom is 0.271 e. The number of aromatic amines is 1. The summed E-state index contributed by atoms with van der Waals surface area (Å²) >= 11 is 0. The van der Waals surface area contributed by atoms with Gasteiger partial charge in [0.05, 0.1) is 6.10 Å². The van der Waals surface area contributed by atoms with Gasteiger partial charge in [0.2, 0.25) is 0 Å². The number of nitrogens with zero attached hydrogens (tertiary/aromatic N) is 2. The van der Waals surface area contributed by atoms with E-state index in [0.29, 0.717) is 11.5 Å². The van der Waals surface area contributed by atoms with Crippen molar-refractivity contribution in [3.8, 4) is 0 Å². The maximum absolute atomic E-state index is 12.0. The van der Waals surface area contributed by atoms with Gasteiger partial charge in [0.1, 0.15) is 11.5 Å². The van der Waals surface area contributed by atoms with Crippen molar-refractivity contribution in [3.63, 3.8) is 0 Å². The number of nitrogen functional groups attached to an aromatic ring is 1. The number of nitrogens with two attached hydrogens (primary N) is 1. The van der Waals surface area contributed by atoms with Crippen molar-refractivity contribution in [3.05, 3.63) is 11.8 Å². The molecule has 1 saturated heterocycles. The number of aromatic nitrogens is 2. The van der Waals surface area contributed by atoms with E-state index in [0.717, 1.165) is 25.9 Å². The van der Waals surface area contributed by atoms with Crippen LogP contribution in [0.4, 0.5) is 5.82 Å². The zero-order chi connectivity index (χ0) is 11.5. The van der Waals surface area contributed by atoms with Crippen LogP contribution in [0.5, 0.6) is 0 Å². The summed E-state index contributed by atoms with van der Waals surface area (Å²) in [6.45, 7) is 1.44. The van der Waals surface area contributed by atoms with Gasteiger partial charge >= 0.3 is 0 Å². The Hall–Kier alpha value is -1.56. The normalized spacial score (nSPS) is 17.7. The molecule has 1 aromatic rings. The number of hydrogen-bond donors (Lipinski definition) is 2. The Morgan fingerprint density at radius 2 is 2.31 bits per heavy atom. The zero-order valence-electron chi connectivity index (χ0n) is 9.27. The van der Waals surface area contributed by atoms with Crippen molar-refractivity contribution in [1.29, 1.82) is 0 Å². The van der Waals surface area contributed by atoms with Crippen LogP contribution in [0.25, 0.3) is 0 Å². The first-order chi connectivity index (χ1) is 7.70. The summed E-state index contributed by atoms with van der Waals surface area (Å²) < 4.78 is 5.25. The lowest BCUT2D eigenvalue weighted by Crippen LogP contribution is -2.40. The molecule has 1 aliphatic heterocycles. The maximum atomic E-state index is 12.0. The number of ether oxygens (including phenoxy) is 1. The van der Waals surface area contributed by atoms with Gasteiger partial charge in [-0.1, -0.05) is 0 Å². The minimum Gasteiger partial charge on any atom is -0.382 e. The molecule has 0 atom stereocenters. The molecule has 1 fully saturated rings. The van der Waals surface area contributed by atoms with E-state index in [-0.39, 0.29) is 12.0 Å². The standard InChI is InChI=1S/C10H16N4O2/c1-16-7-2-4-14(5-3-7)10(15)8-6-9(11)13-12-8/h6-7H,2-5H2,1H3,(H3,11,12,13). The number of carbonyl (C=O) groups excluding carboxylic acids is 1. The van der Waals surface area contributed by atoms with Crippen LogP contribution in [-0.2, 0) is 4.74 Å². The fourth-order valence-corrected chi connectivity index (χ4v) is 1.91. The molecule has 88 valence electrons. The number of piperidine rings is 1. The zero-order valence-corrected chi connectivity index (χ0v) is 9.27. The summed E-state index contributed by atoms with van der Waals surface area (Å²) in [7, 11) is 1.71. The third kappa shape index (κ3) is 2.16. The van der Waals surface area contributed by atoms with E-state index >= 15 is 0 Å². The number of anilines is 1. The molecule has 1 amide bonds. The summed E-state index contributed by atoms with van der Waals surface area (Å²) in [5.41, 5.74) is 5.91. The van der Waals surface area contributed by atoms with E-state index < -0.39 is 0 Å². The highest BCUT2D eigenvalue weighted by molar-refractivity contribution is 5.93. The minimum atomic E-state index is -0.0428. The first-order valence-corrected chi connectivity index (χ1v) is 5.33. The van der Waals surface area contributed by atoms with E-state index in [1.165, 1.54) is 0 Å². The quantitative estimate of drug-likeness (QED) is 0.753. The average molecular weight is 224 g/mol. The van der Waals surface area contributed by atoms with E-state index in [9.17, 15) is 4.79 Å². The lowest BCUT2D eigenvalue weighted by molar-refractivity contribution is 0.0347. The van der Waals surface area contributed by atoms with Gasteiger partial charge in [0.25, 0.3) is 5.91 Å². The van der Waals surface area contributed by atoms with Gasteiger partial charge in [-0.25, -0.2) is 0 Å². The molecule has 2 rings (SSSR count). The summed E-state index contributed by atoms with van der Waals surface area (Å²) in [6, 6.07) is 1.56. The third-order valence-corrected chi connectivity index (χ3v) is 2.89. The molecule has 0 bridgehead atoms. The van der Waals surface area contributed by atoms with Crippen molar-refractivity contribution in [2.75, 3.05) is 25.9 Å². The monoisotopic (exact) mass is 224 g/mol. The van der Waals surface area contributed by atoms with Gasteiger partial charge in [0, 0.05) is 26.3 Å². The molecule has 3 N–H and O–H groups in total. The van der Waals surface area contributed by atoms with E-state index in [4.69, 9.17) is 10.5 Å². The summed E-state index contributed by atoms with van der Waals surface area (Å²) in [5, 5.41) is 6.37. The lowest BCUT2D eigenvalue weighted by Gasteiger charge is -2.30. The number of rotatable bonds is 2. The van der Waals surface area contributed by atoms with Crippen molar-refractivity contribution >= 4 is 11.7 Å².